The summed E-state index contributed by atoms with van der Waals surface area (Å²) in [5.41, 5.74) is 0. The van der Waals surface area contributed by atoms with Crippen molar-refractivity contribution in [3.05, 3.63) is 0 Å². The lowest BCUT2D eigenvalue weighted by Gasteiger charge is -2.16. The molecular weight excluding hydrogens is 334 g/mol. The molecule has 0 unspecified atom stereocenters. The Balaban J connectivity index is 0. The van der Waals surface area contributed by atoms with Gasteiger partial charge >= 0.3 is 0 Å². The second-order valence-corrected chi connectivity index (χ2v) is 7.93. The van der Waals surface area contributed by atoms with Gasteiger partial charge in [-0.2, -0.15) is 16.8 Å². The highest BCUT2D eigenvalue weighted by molar-refractivity contribution is 8.10. The first-order chi connectivity index (χ1) is 8.41. The summed E-state index contributed by atoms with van der Waals surface area (Å²) in [4.78, 5) is 2.01. The number of rotatable bonds is 5. The fraction of sp³-hybridized carbons (Fsp3) is 0.875. The number of hydrogen-bond donors (Lipinski definition) is 3. The Morgan fingerprint density at radius 1 is 1.11 bits per heavy atom. The minimum Gasteiger partial charge on any atom is -0.358 e. The summed E-state index contributed by atoms with van der Waals surface area (Å²) in [5.74, 6) is 0. The summed E-state index contributed by atoms with van der Waals surface area (Å²) >= 11 is 8.82. The van der Waals surface area contributed by atoms with Gasteiger partial charge in [0, 0.05) is 13.1 Å². The summed E-state index contributed by atoms with van der Waals surface area (Å²) in [6, 6.07) is 0. The second kappa shape index (κ2) is 9.08. The lowest BCUT2D eigenvalue weighted by atomic mass is 10.6. The van der Waals surface area contributed by atoms with Crippen LogP contribution in [0, 0.1) is 0 Å². The molecule has 0 aliphatic carbocycles. The summed E-state index contributed by atoms with van der Waals surface area (Å²) in [6.45, 7) is 7.25. The maximum atomic E-state index is 10.2. The predicted octanol–water partition coefficient (Wildman–Crippen LogP) is 1.04. The van der Waals surface area contributed by atoms with Crippen molar-refractivity contribution in [1.82, 2.24) is 4.90 Å². The first kappa shape index (κ1) is 21.4. The van der Waals surface area contributed by atoms with E-state index in [1.165, 1.54) is 6.92 Å². The molecule has 0 rings (SSSR count). The Kier molecular flexibility index (Phi) is 10.2. The van der Waals surface area contributed by atoms with Crippen LogP contribution >= 0.6 is 24.8 Å². The van der Waals surface area contributed by atoms with E-state index in [1.54, 1.807) is 0 Å². The molecule has 0 aromatic rings. The summed E-state index contributed by atoms with van der Waals surface area (Å²) in [5, 5.41) is 0. The molecule has 7 nitrogen and oxygen atoms in total. The van der Waals surface area contributed by atoms with Gasteiger partial charge in [0.1, 0.15) is 4.32 Å². The van der Waals surface area contributed by atoms with Gasteiger partial charge in [-0.3, -0.25) is 9.11 Å². The van der Waals surface area contributed by atoms with E-state index in [1.807, 2.05) is 4.90 Å². The van der Waals surface area contributed by atoms with Gasteiger partial charge in [0.15, 0.2) is 0 Å². The van der Waals surface area contributed by atoms with Gasteiger partial charge in [-0.25, -0.2) is 0 Å². The third-order valence-corrected chi connectivity index (χ3v) is 6.03. The van der Waals surface area contributed by atoms with Crippen LogP contribution in [0.2, 0.25) is 0 Å². The van der Waals surface area contributed by atoms with E-state index < -0.39 is 31.2 Å². The van der Waals surface area contributed by atoms with Crippen molar-refractivity contribution in [3.8, 4) is 0 Å². The zero-order chi connectivity index (χ0) is 15.9. The summed E-state index contributed by atoms with van der Waals surface area (Å²) in [6.07, 6.45) is -0.391. The van der Waals surface area contributed by atoms with Crippen LogP contribution < -0.4 is 0 Å². The van der Waals surface area contributed by atoms with Gasteiger partial charge in [0.2, 0.25) is 4.58 Å². The number of hydrogen-bond acceptors (Lipinski definition) is 5. The SMILES string of the molecule is CCC(S(=O)(=O)O)S(=O)(=O)O.CCN(CC)C(=S)S. The molecule has 116 valence electrons. The lowest BCUT2D eigenvalue weighted by molar-refractivity contribution is 0.453. The van der Waals surface area contributed by atoms with Crippen molar-refractivity contribution in [1.29, 1.82) is 0 Å². The fourth-order valence-electron chi connectivity index (χ4n) is 1.07. The highest BCUT2D eigenvalue weighted by Crippen LogP contribution is 2.09. The van der Waals surface area contributed by atoms with Crippen LogP contribution in [0.1, 0.15) is 27.2 Å². The van der Waals surface area contributed by atoms with Crippen molar-refractivity contribution in [3.63, 3.8) is 0 Å². The number of thiocarbonyl (C=S) groups is 1. The largest absolute Gasteiger partial charge is 0.358 e. The molecular formula is C8H19NO6S4. The predicted molar refractivity (Wildman–Crippen MR) is 81.7 cm³/mol. The van der Waals surface area contributed by atoms with E-state index in [0.29, 0.717) is 4.32 Å². The molecule has 0 spiro atoms. The van der Waals surface area contributed by atoms with E-state index in [0.717, 1.165) is 13.1 Å². The Labute approximate surface area is 125 Å². The highest BCUT2D eigenvalue weighted by Gasteiger charge is 2.33. The van der Waals surface area contributed by atoms with E-state index in [9.17, 15) is 16.8 Å². The quantitative estimate of drug-likeness (QED) is 0.382. The van der Waals surface area contributed by atoms with Crippen LogP contribution in [0.3, 0.4) is 0 Å². The fourth-order valence-corrected chi connectivity index (χ4v) is 3.68. The van der Waals surface area contributed by atoms with Gasteiger partial charge in [-0.1, -0.05) is 19.1 Å². The van der Waals surface area contributed by atoms with Crippen LogP contribution in [-0.2, 0) is 20.2 Å². The first-order valence-corrected chi connectivity index (χ1v) is 9.18. The minimum absolute atomic E-state index is 0.391. The van der Waals surface area contributed by atoms with E-state index >= 15 is 0 Å². The molecule has 0 atom stereocenters. The lowest BCUT2D eigenvalue weighted by Crippen LogP contribution is -2.28. The van der Waals surface area contributed by atoms with Crippen LogP contribution in [0.5, 0.6) is 0 Å². The van der Waals surface area contributed by atoms with Crippen LogP contribution in [-0.4, -0.2) is 52.8 Å². The van der Waals surface area contributed by atoms with Crippen molar-refractivity contribution in [2.45, 2.75) is 31.8 Å². The van der Waals surface area contributed by atoms with Crippen LogP contribution in [0.25, 0.3) is 0 Å². The zero-order valence-electron chi connectivity index (χ0n) is 10.8. The average molecular weight is 354 g/mol. The minimum atomic E-state index is -4.71. The van der Waals surface area contributed by atoms with Gasteiger partial charge in [-0.15, -0.1) is 12.6 Å². The van der Waals surface area contributed by atoms with Crippen molar-refractivity contribution in [2.24, 2.45) is 0 Å². The molecule has 0 radical (unpaired) electrons. The molecule has 2 N–H and O–H groups in total. The van der Waals surface area contributed by atoms with Gasteiger partial charge < -0.3 is 4.90 Å². The maximum absolute atomic E-state index is 10.2. The molecule has 19 heavy (non-hydrogen) atoms. The molecule has 0 aromatic carbocycles. The third-order valence-electron chi connectivity index (χ3n) is 2.03. The van der Waals surface area contributed by atoms with Crippen LogP contribution in [0.15, 0.2) is 0 Å². The Bertz CT molecular complexity index is 435. The maximum Gasteiger partial charge on any atom is 0.284 e. The van der Waals surface area contributed by atoms with Crippen LogP contribution in [0.4, 0.5) is 0 Å². The number of thiol groups is 1. The Hall–Kier alpha value is 0.0600. The Morgan fingerprint density at radius 2 is 1.42 bits per heavy atom. The Morgan fingerprint density at radius 3 is 1.42 bits per heavy atom. The summed E-state index contributed by atoms with van der Waals surface area (Å²) < 4.78 is 56.0. The highest BCUT2D eigenvalue weighted by atomic mass is 32.3. The monoisotopic (exact) mass is 353 g/mol. The van der Waals surface area contributed by atoms with E-state index in [-0.39, 0.29) is 0 Å². The van der Waals surface area contributed by atoms with Gasteiger partial charge in [0.05, 0.1) is 0 Å². The molecule has 11 heteroatoms. The molecule has 0 heterocycles. The molecule has 0 saturated heterocycles. The molecule has 0 saturated carbocycles. The summed E-state index contributed by atoms with van der Waals surface area (Å²) in [7, 11) is -9.42. The molecule has 0 amide bonds. The van der Waals surface area contributed by atoms with Crippen molar-refractivity contribution in [2.75, 3.05) is 13.1 Å². The smallest absolute Gasteiger partial charge is 0.284 e. The third kappa shape index (κ3) is 9.57. The van der Waals surface area contributed by atoms with E-state index in [4.69, 9.17) is 21.3 Å². The molecule has 0 aliphatic heterocycles. The first-order valence-electron chi connectivity index (χ1n) is 5.32. The van der Waals surface area contributed by atoms with Gasteiger partial charge in [0.25, 0.3) is 20.2 Å². The topological polar surface area (TPSA) is 112 Å². The van der Waals surface area contributed by atoms with E-state index in [2.05, 4.69) is 26.5 Å². The van der Waals surface area contributed by atoms with Crippen molar-refractivity contribution >= 4 is 49.4 Å². The van der Waals surface area contributed by atoms with Gasteiger partial charge in [-0.05, 0) is 20.3 Å². The molecule has 0 bridgehead atoms. The van der Waals surface area contributed by atoms with Crippen molar-refractivity contribution < 1.29 is 25.9 Å². The molecule has 0 aromatic heterocycles. The normalized spacial score (nSPS) is 11.7. The standard InChI is InChI=1S/C5H11NS2.C3H8O6S2/c1-3-6(4-2)5(7)8;1-2-3(10(4,5)6)11(7,8)9/h3-4H2,1-2H3,(H,7,8);3H,2H2,1H3,(H,4,5,6)(H,7,8,9). The zero-order valence-corrected chi connectivity index (χ0v) is 14.2. The number of nitrogens with zero attached hydrogens (tertiary/aromatic N) is 1. The molecule has 0 aliphatic rings. The second-order valence-electron chi connectivity index (χ2n) is 3.32. The average Bonchev–Trinajstić information content (AvgIpc) is 2.15. The molecule has 0 fully saturated rings.